The summed E-state index contributed by atoms with van der Waals surface area (Å²) in [4.78, 5) is 0. The second kappa shape index (κ2) is 6.24. The number of methoxy groups -OCH3 is 1. The monoisotopic (exact) mass is 256 g/mol. The van der Waals surface area contributed by atoms with Crippen molar-refractivity contribution in [3.8, 4) is 0 Å². The van der Waals surface area contributed by atoms with Gasteiger partial charge in [-0.15, -0.1) is 0 Å². The number of benzene rings is 1. The first-order valence-corrected chi connectivity index (χ1v) is 5.84. The molecule has 1 aliphatic heterocycles. The second-order valence-corrected chi connectivity index (χ2v) is 4.21. The van der Waals surface area contributed by atoms with Crippen molar-refractivity contribution >= 4 is 0 Å². The Labute approximate surface area is 105 Å². The maximum atomic E-state index is 13.6. The number of halogens is 1. The molecule has 0 bridgehead atoms. The smallest absolute Gasteiger partial charge is 0.186 e. The Balaban J connectivity index is 1.77. The molecule has 0 aromatic heterocycles. The van der Waals surface area contributed by atoms with Crippen LogP contribution in [-0.4, -0.2) is 43.5 Å². The molecule has 5 heteroatoms. The Morgan fingerprint density at radius 2 is 2.06 bits per heavy atom. The highest BCUT2D eigenvalue weighted by Crippen LogP contribution is 2.24. The quantitative estimate of drug-likeness (QED) is 0.862. The Kier molecular flexibility index (Phi) is 4.66. The Bertz CT molecular complexity index is 359. The highest BCUT2D eigenvalue weighted by Gasteiger charge is 2.44. The van der Waals surface area contributed by atoms with Crippen molar-refractivity contribution < 1.29 is 23.7 Å². The van der Waals surface area contributed by atoms with E-state index in [2.05, 4.69) is 0 Å². The summed E-state index contributed by atoms with van der Waals surface area (Å²) in [6, 6.07) is 9.59. The van der Waals surface area contributed by atoms with E-state index in [-0.39, 0.29) is 6.61 Å². The molecule has 18 heavy (non-hydrogen) atoms. The van der Waals surface area contributed by atoms with Gasteiger partial charge in [0.25, 0.3) is 0 Å². The van der Waals surface area contributed by atoms with Gasteiger partial charge in [0.2, 0.25) is 0 Å². The molecule has 0 aliphatic carbocycles. The fraction of sp³-hybridized carbons (Fsp3) is 0.538. The molecular formula is C13H17FO4. The molecule has 1 saturated heterocycles. The largest absolute Gasteiger partial charge is 0.385 e. The van der Waals surface area contributed by atoms with Gasteiger partial charge in [-0.1, -0.05) is 30.3 Å². The molecule has 1 heterocycles. The maximum Gasteiger partial charge on any atom is 0.186 e. The summed E-state index contributed by atoms with van der Waals surface area (Å²) < 4.78 is 29.0. The van der Waals surface area contributed by atoms with E-state index in [0.717, 1.165) is 5.56 Å². The summed E-state index contributed by atoms with van der Waals surface area (Å²) in [5, 5.41) is 9.46. The number of hydrogen-bond donors (Lipinski definition) is 1. The predicted molar refractivity (Wildman–Crippen MR) is 62.7 cm³/mol. The van der Waals surface area contributed by atoms with Gasteiger partial charge in [0.15, 0.2) is 12.5 Å². The lowest BCUT2D eigenvalue weighted by molar-refractivity contribution is -0.156. The molecule has 1 aromatic rings. The standard InChI is InChI=1S/C13H17FO4/c1-16-13-12(15)11(14)10(18-13)8-17-7-9-5-3-2-4-6-9/h2-6,10-13,15H,7-8H2,1H3/t10-,11+,12-,13-/m1/s1. The van der Waals surface area contributed by atoms with Crippen molar-refractivity contribution in [1.29, 1.82) is 0 Å². The molecule has 1 N–H and O–H groups in total. The summed E-state index contributed by atoms with van der Waals surface area (Å²) >= 11 is 0. The second-order valence-electron chi connectivity index (χ2n) is 4.21. The van der Waals surface area contributed by atoms with E-state index in [4.69, 9.17) is 14.2 Å². The molecule has 1 aliphatic rings. The molecule has 4 atom stereocenters. The van der Waals surface area contributed by atoms with Crippen LogP contribution in [0.1, 0.15) is 5.56 Å². The summed E-state index contributed by atoms with van der Waals surface area (Å²) in [5.41, 5.74) is 1.01. The van der Waals surface area contributed by atoms with E-state index >= 15 is 0 Å². The van der Waals surface area contributed by atoms with E-state index in [0.29, 0.717) is 6.61 Å². The molecule has 1 fully saturated rings. The molecule has 0 spiro atoms. The molecule has 0 amide bonds. The van der Waals surface area contributed by atoms with Crippen LogP contribution >= 0.6 is 0 Å². The van der Waals surface area contributed by atoms with Gasteiger partial charge in [0.05, 0.1) is 13.2 Å². The summed E-state index contributed by atoms with van der Waals surface area (Å²) in [6.45, 7) is 0.480. The van der Waals surface area contributed by atoms with Crippen molar-refractivity contribution in [1.82, 2.24) is 0 Å². The molecule has 1 aromatic carbocycles. The topological polar surface area (TPSA) is 47.9 Å². The van der Waals surface area contributed by atoms with Gasteiger partial charge in [0.1, 0.15) is 12.2 Å². The zero-order chi connectivity index (χ0) is 13.0. The first-order valence-electron chi connectivity index (χ1n) is 5.84. The number of aliphatic hydroxyl groups is 1. The zero-order valence-electron chi connectivity index (χ0n) is 10.2. The third kappa shape index (κ3) is 3.05. The summed E-state index contributed by atoms with van der Waals surface area (Å²) in [5.74, 6) is 0. The number of rotatable bonds is 5. The highest BCUT2D eigenvalue weighted by molar-refractivity contribution is 5.13. The normalized spacial score (nSPS) is 31.7. The van der Waals surface area contributed by atoms with Gasteiger partial charge in [-0.3, -0.25) is 0 Å². The minimum absolute atomic E-state index is 0.0903. The van der Waals surface area contributed by atoms with Gasteiger partial charge in [-0.05, 0) is 5.56 Å². The molecule has 0 saturated carbocycles. The minimum atomic E-state index is -1.48. The molecule has 4 nitrogen and oxygen atoms in total. The van der Waals surface area contributed by atoms with E-state index in [1.165, 1.54) is 7.11 Å². The predicted octanol–water partition coefficient (Wildman–Crippen LogP) is 1.27. The fourth-order valence-corrected chi connectivity index (χ4v) is 1.89. The van der Waals surface area contributed by atoms with Crippen LogP contribution < -0.4 is 0 Å². The van der Waals surface area contributed by atoms with Crippen molar-refractivity contribution in [3.05, 3.63) is 35.9 Å². The third-order valence-corrected chi connectivity index (χ3v) is 2.90. The Morgan fingerprint density at radius 1 is 1.33 bits per heavy atom. The average molecular weight is 256 g/mol. The Hall–Kier alpha value is -1.01. The minimum Gasteiger partial charge on any atom is -0.385 e. The molecule has 0 radical (unpaired) electrons. The van der Waals surface area contributed by atoms with Crippen LogP contribution in [0.5, 0.6) is 0 Å². The van der Waals surface area contributed by atoms with Crippen LogP contribution in [-0.2, 0) is 20.8 Å². The van der Waals surface area contributed by atoms with Crippen molar-refractivity contribution in [2.75, 3.05) is 13.7 Å². The lowest BCUT2D eigenvalue weighted by Crippen LogP contribution is -2.31. The van der Waals surface area contributed by atoms with Gasteiger partial charge >= 0.3 is 0 Å². The van der Waals surface area contributed by atoms with Crippen LogP contribution in [0.15, 0.2) is 30.3 Å². The first-order chi connectivity index (χ1) is 8.72. The summed E-state index contributed by atoms with van der Waals surface area (Å²) in [6.07, 6.45) is -4.43. The number of alkyl halides is 1. The molecule has 100 valence electrons. The van der Waals surface area contributed by atoms with E-state index < -0.39 is 24.7 Å². The van der Waals surface area contributed by atoms with E-state index in [1.807, 2.05) is 30.3 Å². The Morgan fingerprint density at radius 3 is 2.67 bits per heavy atom. The maximum absolute atomic E-state index is 13.6. The lowest BCUT2D eigenvalue weighted by atomic mass is 10.2. The van der Waals surface area contributed by atoms with Crippen LogP contribution in [0.25, 0.3) is 0 Å². The van der Waals surface area contributed by atoms with Crippen LogP contribution in [0.3, 0.4) is 0 Å². The third-order valence-electron chi connectivity index (χ3n) is 2.90. The average Bonchev–Trinajstić information content (AvgIpc) is 2.68. The van der Waals surface area contributed by atoms with Gasteiger partial charge < -0.3 is 19.3 Å². The van der Waals surface area contributed by atoms with Crippen molar-refractivity contribution in [2.24, 2.45) is 0 Å². The van der Waals surface area contributed by atoms with Gasteiger partial charge in [-0.2, -0.15) is 0 Å². The first kappa shape index (κ1) is 13.4. The van der Waals surface area contributed by atoms with Crippen LogP contribution in [0, 0.1) is 0 Å². The molecule has 0 unspecified atom stereocenters. The lowest BCUT2D eigenvalue weighted by Gasteiger charge is -2.13. The van der Waals surface area contributed by atoms with Crippen molar-refractivity contribution in [2.45, 2.75) is 31.3 Å². The zero-order valence-corrected chi connectivity index (χ0v) is 10.2. The molecular weight excluding hydrogens is 239 g/mol. The summed E-state index contributed by atoms with van der Waals surface area (Å²) in [7, 11) is 1.37. The fourth-order valence-electron chi connectivity index (χ4n) is 1.89. The highest BCUT2D eigenvalue weighted by atomic mass is 19.1. The SMILES string of the molecule is CO[C@@H]1O[C@H](COCc2ccccc2)[C@H](F)[C@H]1O. The number of ether oxygens (including phenoxy) is 3. The molecule has 2 rings (SSSR count). The number of hydrogen-bond acceptors (Lipinski definition) is 4. The van der Waals surface area contributed by atoms with Crippen LogP contribution in [0.4, 0.5) is 4.39 Å². The number of aliphatic hydroxyl groups excluding tert-OH is 1. The van der Waals surface area contributed by atoms with E-state index in [1.54, 1.807) is 0 Å². The van der Waals surface area contributed by atoms with Gasteiger partial charge in [0, 0.05) is 7.11 Å². The van der Waals surface area contributed by atoms with Crippen molar-refractivity contribution in [3.63, 3.8) is 0 Å². The van der Waals surface area contributed by atoms with Crippen LogP contribution in [0.2, 0.25) is 0 Å². The van der Waals surface area contributed by atoms with E-state index in [9.17, 15) is 9.50 Å². The van der Waals surface area contributed by atoms with Gasteiger partial charge in [-0.25, -0.2) is 4.39 Å².